The Morgan fingerprint density at radius 1 is 1.13 bits per heavy atom. The molecule has 10 nitrogen and oxygen atoms in total. The van der Waals surface area contributed by atoms with Crippen LogP contribution < -0.4 is 5.73 Å². The first kappa shape index (κ1) is 25.6. The van der Waals surface area contributed by atoms with E-state index in [-0.39, 0.29) is 29.7 Å². The molecule has 2 unspecified atom stereocenters. The van der Waals surface area contributed by atoms with Crippen molar-refractivity contribution in [1.82, 2.24) is 4.90 Å². The Bertz CT molecular complexity index is 1460. The monoisotopic (exact) mass is 517 g/mol. The minimum absolute atomic E-state index is 0.0208. The summed E-state index contributed by atoms with van der Waals surface area (Å²) in [5, 5.41) is 53.8. The highest BCUT2D eigenvalue weighted by atomic mass is 16.3. The summed E-state index contributed by atoms with van der Waals surface area (Å²) in [6, 6.07) is 10.9. The second-order valence-electron chi connectivity index (χ2n) is 10.5. The molecule has 0 bridgehead atoms. The number of carbonyl (C=O) groups is 3. The van der Waals surface area contributed by atoms with Crippen molar-refractivity contribution in [3.63, 3.8) is 0 Å². The summed E-state index contributed by atoms with van der Waals surface area (Å²) >= 11 is 0. The molecule has 0 aliphatic heterocycles. The second-order valence-corrected chi connectivity index (χ2v) is 10.5. The number of nitrogens with zero attached hydrogens (tertiary/aromatic N) is 2. The Labute approximate surface area is 218 Å². The number of ketones is 2. The van der Waals surface area contributed by atoms with Gasteiger partial charge in [0.1, 0.15) is 17.4 Å². The van der Waals surface area contributed by atoms with Gasteiger partial charge in [-0.2, -0.15) is 5.26 Å². The summed E-state index contributed by atoms with van der Waals surface area (Å²) in [4.78, 5) is 40.9. The van der Waals surface area contributed by atoms with Crippen molar-refractivity contribution in [2.75, 3.05) is 14.1 Å². The van der Waals surface area contributed by atoms with E-state index < -0.39 is 58.7 Å². The molecule has 6 N–H and O–H groups in total. The van der Waals surface area contributed by atoms with E-state index in [1.807, 2.05) is 0 Å². The van der Waals surface area contributed by atoms with Crippen LogP contribution in [0.2, 0.25) is 0 Å². The zero-order valence-corrected chi connectivity index (χ0v) is 20.8. The number of nitriles is 1. The number of hydrogen-bond acceptors (Lipinski definition) is 9. The summed E-state index contributed by atoms with van der Waals surface area (Å²) in [6.07, 6.45) is -1.30. The van der Waals surface area contributed by atoms with Crippen LogP contribution in [0.4, 0.5) is 0 Å². The van der Waals surface area contributed by atoms with Crippen LogP contribution >= 0.6 is 0 Å². The zero-order valence-electron chi connectivity index (χ0n) is 20.8. The molecule has 6 atom stereocenters. The van der Waals surface area contributed by atoms with Gasteiger partial charge in [0.05, 0.1) is 23.3 Å². The predicted octanol–water partition coefficient (Wildman–Crippen LogP) is 0.668. The topological polar surface area (TPSA) is 185 Å². The van der Waals surface area contributed by atoms with Gasteiger partial charge in [0, 0.05) is 17.5 Å². The summed E-state index contributed by atoms with van der Waals surface area (Å²) in [6.45, 7) is 0. The van der Waals surface area contributed by atoms with Crippen LogP contribution in [0.25, 0.3) is 16.9 Å². The number of phenols is 1. The quantitative estimate of drug-likeness (QED) is 0.365. The van der Waals surface area contributed by atoms with E-state index in [1.54, 1.807) is 49.3 Å². The average Bonchev–Trinajstić information content (AvgIpc) is 2.86. The molecule has 3 aliphatic rings. The summed E-state index contributed by atoms with van der Waals surface area (Å²) < 4.78 is 0. The number of hydrogen-bond donors (Lipinski definition) is 5. The van der Waals surface area contributed by atoms with E-state index in [0.717, 1.165) is 5.56 Å². The predicted molar refractivity (Wildman–Crippen MR) is 134 cm³/mol. The smallest absolute Gasteiger partial charge is 0.230 e. The third kappa shape index (κ3) is 3.40. The Morgan fingerprint density at radius 2 is 1.79 bits per heavy atom. The van der Waals surface area contributed by atoms with Gasteiger partial charge >= 0.3 is 0 Å². The minimum Gasteiger partial charge on any atom is -0.507 e. The molecule has 1 amide bonds. The van der Waals surface area contributed by atoms with Crippen LogP contribution in [0.1, 0.15) is 23.1 Å². The highest BCUT2D eigenvalue weighted by Gasteiger charge is 2.67. The number of aliphatic hydroxyl groups excluding tert-OH is 2. The van der Waals surface area contributed by atoms with Gasteiger partial charge in [-0.05, 0) is 67.7 Å². The van der Waals surface area contributed by atoms with E-state index in [2.05, 4.69) is 6.07 Å². The number of benzene rings is 2. The summed E-state index contributed by atoms with van der Waals surface area (Å²) in [7, 11) is 3.21. The molecule has 0 aromatic heterocycles. The lowest BCUT2D eigenvalue weighted by molar-refractivity contribution is -0.184. The van der Waals surface area contributed by atoms with Crippen molar-refractivity contribution < 1.29 is 34.8 Å². The Kier molecular flexibility index (Phi) is 5.91. The van der Waals surface area contributed by atoms with Crippen molar-refractivity contribution in [3.8, 4) is 22.9 Å². The van der Waals surface area contributed by atoms with Gasteiger partial charge in [0.25, 0.3) is 0 Å². The number of aliphatic hydroxyl groups is 3. The molecule has 2 fully saturated rings. The molecule has 2 aromatic carbocycles. The maximum absolute atomic E-state index is 13.9. The number of likely N-dealkylation sites (N-methyl/N-ethyl adjacent to an activating group) is 1. The maximum Gasteiger partial charge on any atom is 0.230 e. The van der Waals surface area contributed by atoms with E-state index in [0.29, 0.717) is 16.7 Å². The lowest BCUT2D eigenvalue weighted by Gasteiger charge is -2.53. The molecule has 0 spiro atoms. The van der Waals surface area contributed by atoms with Crippen LogP contribution in [0.3, 0.4) is 0 Å². The van der Waals surface area contributed by atoms with Crippen molar-refractivity contribution in [2.24, 2.45) is 23.5 Å². The van der Waals surface area contributed by atoms with Crippen LogP contribution in [0.5, 0.6) is 5.75 Å². The second kappa shape index (κ2) is 8.77. The first-order valence-electron chi connectivity index (χ1n) is 12.2. The van der Waals surface area contributed by atoms with E-state index in [1.165, 1.54) is 6.07 Å². The molecule has 38 heavy (non-hydrogen) atoms. The van der Waals surface area contributed by atoms with Gasteiger partial charge in [0.2, 0.25) is 11.7 Å². The molecular formula is C28H27N3O7. The van der Waals surface area contributed by atoms with Gasteiger partial charge in [-0.15, -0.1) is 0 Å². The molecule has 2 saturated carbocycles. The Morgan fingerprint density at radius 3 is 2.37 bits per heavy atom. The molecule has 10 heteroatoms. The van der Waals surface area contributed by atoms with Gasteiger partial charge < -0.3 is 31.1 Å². The third-order valence-electron chi connectivity index (χ3n) is 8.30. The third-order valence-corrected chi connectivity index (χ3v) is 8.30. The lowest BCUT2D eigenvalue weighted by atomic mass is 9.54. The van der Waals surface area contributed by atoms with E-state index in [9.17, 15) is 34.8 Å². The summed E-state index contributed by atoms with van der Waals surface area (Å²) in [5.74, 6) is -7.77. The SMILES string of the molecule is CN(C)[C@H]1C(O)C(C(N)=O)C(=O)[C@]2(O)C(=O)C3=C(O)c4c(O)ccc(-c5ccc(C#N)cc5)c4C[C@@H]3C[C@H]12. The average molecular weight is 518 g/mol. The zero-order chi connectivity index (χ0) is 27.7. The number of fused-ring (bicyclic) bond motifs is 3. The molecule has 3 aliphatic carbocycles. The Hall–Kier alpha value is -4.04. The maximum atomic E-state index is 13.9. The number of rotatable bonds is 3. The molecule has 196 valence electrons. The number of amides is 1. The molecule has 0 radical (unpaired) electrons. The van der Waals surface area contributed by atoms with Crippen LogP contribution in [0.15, 0.2) is 42.0 Å². The van der Waals surface area contributed by atoms with Crippen LogP contribution in [0, 0.1) is 29.1 Å². The first-order valence-corrected chi connectivity index (χ1v) is 12.2. The fourth-order valence-corrected chi connectivity index (χ4v) is 6.60. The van der Waals surface area contributed by atoms with Crippen LogP contribution in [-0.2, 0) is 20.8 Å². The Balaban J connectivity index is 1.69. The first-order chi connectivity index (χ1) is 17.9. The number of nitrogens with two attached hydrogens (primary N) is 1. The standard InChI is InChI=1S/C28H27N3O7/c1-31(2)22-17-10-14-9-16-15(13-5-3-12(11-29)4-6-13)7-8-18(32)20(16)23(33)19(14)25(35)28(17,38)26(36)21(24(22)34)27(30)37/h3-8,14,17,21-22,24,32-34,38H,9-10H2,1-2H3,(H2,30,37)/t14-,17-,21?,22-,24?,28-/m1/s1. The van der Waals surface area contributed by atoms with Gasteiger partial charge in [-0.1, -0.05) is 18.2 Å². The largest absolute Gasteiger partial charge is 0.507 e. The fraction of sp³-hybridized carbons (Fsp3) is 0.357. The molecular weight excluding hydrogens is 490 g/mol. The fourth-order valence-electron chi connectivity index (χ4n) is 6.60. The van der Waals surface area contributed by atoms with Gasteiger partial charge in [-0.25, -0.2) is 0 Å². The molecule has 0 heterocycles. The van der Waals surface area contributed by atoms with E-state index >= 15 is 0 Å². The number of carbonyl (C=O) groups excluding carboxylic acids is 3. The molecule has 2 aromatic rings. The number of aromatic hydroxyl groups is 1. The summed E-state index contributed by atoms with van der Waals surface area (Å²) in [5.41, 5.74) is 4.97. The molecule has 0 saturated heterocycles. The highest BCUT2D eigenvalue weighted by Crippen LogP contribution is 2.53. The highest BCUT2D eigenvalue weighted by molar-refractivity contribution is 6.25. The number of phenolic OH excluding ortho intramolecular Hbond substituents is 1. The van der Waals surface area contributed by atoms with Crippen molar-refractivity contribution in [2.45, 2.75) is 30.6 Å². The number of Topliss-reactive ketones (excluding diaryl/α,β-unsaturated/α-hetero) is 2. The van der Waals surface area contributed by atoms with Crippen LogP contribution in [-0.4, -0.2) is 74.6 Å². The van der Waals surface area contributed by atoms with Gasteiger partial charge in [0.15, 0.2) is 11.4 Å². The van der Waals surface area contributed by atoms with E-state index in [4.69, 9.17) is 11.0 Å². The lowest BCUT2D eigenvalue weighted by Crippen LogP contribution is -2.73. The minimum atomic E-state index is -2.69. The van der Waals surface area contributed by atoms with Gasteiger partial charge in [-0.3, -0.25) is 14.4 Å². The number of primary amides is 1. The molecule has 5 rings (SSSR count). The normalized spacial score (nSPS) is 30.4. The van der Waals surface area contributed by atoms with Crippen molar-refractivity contribution in [3.05, 3.63) is 58.7 Å². The van der Waals surface area contributed by atoms with Crippen molar-refractivity contribution in [1.29, 1.82) is 5.26 Å². The van der Waals surface area contributed by atoms with Crippen molar-refractivity contribution >= 4 is 23.2 Å².